The summed E-state index contributed by atoms with van der Waals surface area (Å²) in [5, 5.41) is 3.25. The van der Waals surface area contributed by atoms with Crippen LogP contribution in [-0.2, 0) is 10.0 Å². The summed E-state index contributed by atoms with van der Waals surface area (Å²) in [6, 6.07) is 7.37. The van der Waals surface area contributed by atoms with Crippen molar-refractivity contribution in [1.29, 1.82) is 0 Å². The van der Waals surface area contributed by atoms with Crippen LogP contribution in [-0.4, -0.2) is 37.6 Å². The Kier molecular flexibility index (Phi) is 3.83. The van der Waals surface area contributed by atoms with Crippen molar-refractivity contribution < 1.29 is 13.2 Å². The predicted octanol–water partition coefficient (Wildman–Crippen LogP) is 2.23. The van der Waals surface area contributed by atoms with Gasteiger partial charge in [-0.25, -0.2) is 8.42 Å². The van der Waals surface area contributed by atoms with Crippen LogP contribution in [0.5, 0.6) is 0 Å². The van der Waals surface area contributed by atoms with Gasteiger partial charge in [-0.1, -0.05) is 0 Å². The molecule has 124 valence electrons. The second-order valence-corrected chi connectivity index (χ2v) is 8.78. The van der Waals surface area contributed by atoms with E-state index in [1.807, 2.05) is 0 Å². The maximum Gasteiger partial charge on any atom is 0.267 e. The molecule has 1 amide bonds. The van der Waals surface area contributed by atoms with Crippen molar-refractivity contribution in [1.82, 2.24) is 10.3 Å². The lowest BCUT2D eigenvalue weighted by atomic mass is 10.2. The van der Waals surface area contributed by atoms with Crippen LogP contribution in [0.2, 0.25) is 0 Å². The van der Waals surface area contributed by atoms with E-state index in [0.717, 1.165) is 23.7 Å². The summed E-state index contributed by atoms with van der Waals surface area (Å²) in [7, 11) is -1.83. The van der Waals surface area contributed by atoms with E-state index in [9.17, 15) is 13.2 Å². The van der Waals surface area contributed by atoms with Crippen LogP contribution in [0.25, 0.3) is 10.9 Å². The Morgan fingerprint density at radius 1 is 1.30 bits per heavy atom. The summed E-state index contributed by atoms with van der Waals surface area (Å²) < 4.78 is 25.8. The molecule has 23 heavy (non-hydrogen) atoms. The topological polar surface area (TPSA) is 82.3 Å². The molecule has 0 saturated heterocycles. The molecule has 3 rings (SSSR count). The Morgan fingerprint density at radius 3 is 2.61 bits per heavy atom. The molecule has 1 heterocycles. The standard InChI is InChI=1S/C16H21N3O3S/c1-10(2)23(21,22)19(3)13-6-7-14-11(8-13)9-15(18-14)16(20)17-12-4-5-12/h6-10,12,18H,4-5H2,1-3H3,(H,17,20). The van der Waals surface area contributed by atoms with E-state index in [0.29, 0.717) is 17.4 Å². The lowest BCUT2D eigenvalue weighted by Gasteiger charge is -2.21. The number of hydrogen-bond donors (Lipinski definition) is 2. The first kappa shape index (κ1) is 15.9. The van der Waals surface area contributed by atoms with Crippen LogP contribution < -0.4 is 9.62 Å². The van der Waals surface area contributed by atoms with Crippen molar-refractivity contribution in [2.75, 3.05) is 11.4 Å². The van der Waals surface area contributed by atoms with Crippen molar-refractivity contribution in [2.45, 2.75) is 38.0 Å². The summed E-state index contributed by atoms with van der Waals surface area (Å²) in [5.74, 6) is -0.117. The SMILES string of the molecule is CC(C)S(=O)(=O)N(C)c1ccc2[nH]c(C(=O)NC3CC3)cc2c1. The van der Waals surface area contributed by atoms with Crippen molar-refractivity contribution in [3.8, 4) is 0 Å². The van der Waals surface area contributed by atoms with Gasteiger partial charge in [0.25, 0.3) is 5.91 Å². The molecule has 1 fully saturated rings. The maximum absolute atomic E-state index is 12.3. The molecule has 2 N–H and O–H groups in total. The van der Waals surface area contributed by atoms with Gasteiger partial charge in [-0.2, -0.15) is 0 Å². The highest BCUT2D eigenvalue weighted by Crippen LogP contribution is 2.26. The van der Waals surface area contributed by atoms with Crippen molar-refractivity contribution >= 4 is 32.5 Å². The number of fused-ring (bicyclic) bond motifs is 1. The zero-order valence-corrected chi connectivity index (χ0v) is 14.3. The molecule has 0 bridgehead atoms. The monoisotopic (exact) mass is 335 g/mol. The second kappa shape index (κ2) is 5.56. The summed E-state index contributed by atoms with van der Waals surface area (Å²) in [6.45, 7) is 3.31. The number of carbonyl (C=O) groups is 1. The molecule has 0 aliphatic heterocycles. The second-order valence-electron chi connectivity index (χ2n) is 6.26. The molecule has 0 unspecified atom stereocenters. The highest BCUT2D eigenvalue weighted by molar-refractivity contribution is 7.93. The first-order chi connectivity index (χ1) is 10.8. The van der Waals surface area contributed by atoms with E-state index < -0.39 is 15.3 Å². The Hall–Kier alpha value is -2.02. The van der Waals surface area contributed by atoms with Gasteiger partial charge in [0.1, 0.15) is 5.69 Å². The van der Waals surface area contributed by atoms with Crippen molar-refractivity contribution in [3.05, 3.63) is 30.0 Å². The van der Waals surface area contributed by atoms with E-state index >= 15 is 0 Å². The van der Waals surface area contributed by atoms with Gasteiger partial charge >= 0.3 is 0 Å². The van der Waals surface area contributed by atoms with Gasteiger partial charge in [0.05, 0.1) is 10.9 Å². The van der Waals surface area contributed by atoms with Gasteiger partial charge in [0.2, 0.25) is 10.0 Å². The zero-order valence-electron chi connectivity index (χ0n) is 13.5. The molecule has 7 heteroatoms. The van der Waals surface area contributed by atoms with Crippen LogP contribution >= 0.6 is 0 Å². The van der Waals surface area contributed by atoms with Crippen LogP contribution in [0.3, 0.4) is 0 Å². The number of nitrogens with one attached hydrogen (secondary N) is 2. The summed E-state index contributed by atoms with van der Waals surface area (Å²) in [4.78, 5) is 15.2. The Morgan fingerprint density at radius 2 is 2.00 bits per heavy atom. The van der Waals surface area contributed by atoms with Gasteiger partial charge in [0, 0.05) is 24.0 Å². The number of amides is 1. The zero-order chi connectivity index (χ0) is 16.8. The van der Waals surface area contributed by atoms with E-state index in [4.69, 9.17) is 0 Å². The fourth-order valence-electron chi connectivity index (χ4n) is 2.39. The fraction of sp³-hybridized carbons (Fsp3) is 0.438. The molecule has 1 aromatic carbocycles. The molecular weight excluding hydrogens is 314 g/mol. The van der Waals surface area contributed by atoms with Crippen LogP contribution in [0, 0.1) is 0 Å². The fourth-order valence-corrected chi connectivity index (χ4v) is 3.43. The molecule has 0 radical (unpaired) electrons. The number of anilines is 1. The molecule has 6 nitrogen and oxygen atoms in total. The van der Waals surface area contributed by atoms with E-state index in [-0.39, 0.29) is 5.91 Å². The third kappa shape index (κ3) is 3.06. The Balaban J connectivity index is 1.91. The van der Waals surface area contributed by atoms with Crippen molar-refractivity contribution in [3.63, 3.8) is 0 Å². The van der Waals surface area contributed by atoms with Gasteiger partial charge in [-0.3, -0.25) is 9.10 Å². The minimum Gasteiger partial charge on any atom is -0.351 e. The van der Waals surface area contributed by atoms with Gasteiger partial charge < -0.3 is 10.3 Å². The summed E-state index contributed by atoms with van der Waals surface area (Å²) >= 11 is 0. The molecule has 1 aliphatic carbocycles. The first-order valence-electron chi connectivity index (χ1n) is 7.70. The highest BCUT2D eigenvalue weighted by atomic mass is 32.2. The van der Waals surface area contributed by atoms with Crippen LogP contribution in [0.15, 0.2) is 24.3 Å². The number of rotatable bonds is 5. The summed E-state index contributed by atoms with van der Waals surface area (Å²) in [6.07, 6.45) is 2.07. The van der Waals surface area contributed by atoms with E-state index in [2.05, 4.69) is 10.3 Å². The maximum atomic E-state index is 12.3. The smallest absolute Gasteiger partial charge is 0.267 e. The number of aromatic amines is 1. The number of carbonyl (C=O) groups excluding carboxylic acids is 1. The van der Waals surface area contributed by atoms with Crippen LogP contribution in [0.1, 0.15) is 37.2 Å². The number of hydrogen-bond acceptors (Lipinski definition) is 3. The number of benzene rings is 1. The molecule has 1 aliphatic rings. The molecule has 1 aromatic heterocycles. The molecule has 2 aromatic rings. The minimum absolute atomic E-state index is 0.117. The van der Waals surface area contributed by atoms with Crippen LogP contribution in [0.4, 0.5) is 5.69 Å². The van der Waals surface area contributed by atoms with Gasteiger partial charge in [0.15, 0.2) is 0 Å². The average molecular weight is 335 g/mol. The lowest BCUT2D eigenvalue weighted by molar-refractivity contribution is 0.0947. The Bertz CT molecular complexity index is 851. The third-order valence-electron chi connectivity index (χ3n) is 4.10. The number of nitrogens with zero attached hydrogens (tertiary/aromatic N) is 1. The van der Waals surface area contributed by atoms with E-state index in [1.54, 1.807) is 45.2 Å². The van der Waals surface area contributed by atoms with Crippen molar-refractivity contribution in [2.24, 2.45) is 0 Å². The molecule has 1 saturated carbocycles. The molecule has 0 spiro atoms. The number of H-pyrrole nitrogens is 1. The average Bonchev–Trinajstić information content (AvgIpc) is 3.20. The third-order valence-corrected chi connectivity index (χ3v) is 6.27. The highest BCUT2D eigenvalue weighted by Gasteiger charge is 2.25. The predicted molar refractivity (Wildman–Crippen MR) is 91.2 cm³/mol. The summed E-state index contributed by atoms with van der Waals surface area (Å²) in [5.41, 5.74) is 1.89. The van der Waals surface area contributed by atoms with E-state index in [1.165, 1.54) is 4.31 Å². The number of sulfonamides is 1. The first-order valence-corrected chi connectivity index (χ1v) is 9.21. The quantitative estimate of drug-likeness (QED) is 0.879. The Labute approximate surface area is 135 Å². The van der Waals surface area contributed by atoms with Gasteiger partial charge in [-0.15, -0.1) is 0 Å². The van der Waals surface area contributed by atoms with Gasteiger partial charge in [-0.05, 0) is 51.0 Å². The molecular formula is C16H21N3O3S. The normalized spacial score (nSPS) is 15.1. The lowest BCUT2D eigenvalue weighted by Crippen LogP contribution is -2.32. The largest absolute Gasteiger partial charge is 0.351 e. The minimum atomic E-state index is -3.37. The molecule has 0 atom stereocenters. The number of aromatic nitrogens is 1.